The zero-order valence-corrected chi connectivity index (χ0v) is 12.5. The Labute approximate surface area is 120 Å². The van der Waals surface area contributed by atoms with Gasteiger partial charge >= 0.3 is 0 Å². The van der Waals surface area contributed by atoms with Crippen molar-refractivity contribution in [2.75, 3.05) is 18.5 Å². The molecule has 5 nitrogen and oxygen atoms in total. The summed E-state index contributed by atoms with van der Waals surface area (Å²) in [5, 5.41) is 14.2. The number of nitro benzene ring substituents is 1. The second kappa shape index (κ2) is 8.53. The molecule has 112 valence electrons. The van der Waals surface area contributed by atoms with Crippen LogP contribution in [0.3, 0.4) is 0 Å². The minimum atomic E-state index is -0.352. The lowest BCUT2D eigenvalue weighted by molar-refractivity contribution is -0.384. The predicted octanol–water partition coefficient (Wildman–Crippen LogP) is 3.98. The molecule has 0 amide bonds. The summed E-state index contributed by atoms with van der Waals surface area (Å²) in [6.45, 7) is 8.13. The van der Waals surface area contributed by atoms with E-state index in [1.165, 1.54) is 0 Å². The van der Waals surface area contributed by atoms with E-state index in [0.29, 0.717) is 24.8 Å². The third-order valence-electron chi connectivity index (χ3n) is 2.93. The Hall–Kier alpha value is -1.62. The third-order valence-corrected chi connectivity index (χ3v) is 2.93. The van der Waals surface area contributed by atoms with Gasteiger partial charge in [0, 0.05) is 19.2 Å². The Morgan fingerprint density at radius 3 is 2.75 bits per heavy atom. The van der Waals surface area contributed by atoms with E-state index in [9.17, 15) is 10.1 Å². The van der Waals surface area contributed by atoms with Gasteiger partial charge in [-0.25, -0.2) is 0 Å². The van der Waals surface area contributed by atoms with E-state index in [2.05, 4.69) is 19.2 Å². The molecule has 1 N–H and O–H groups in total. The van der Waals surface area contributed by atoms with Gasteiger partial charge in [-0.05, 0) is 30.4 Å². The van der Waals surface area contributed by atoms with Crippen LogP contribution >= 0.6 is 0 Å². The Morgan fingerprint density at radius 2 is 2.15 bits per heavy atom. The lowest BCUT2D eigenvalue weighted by atomic mass is 10.1. The Bertz CT molecular complexity index is 433. The first kappa shape index (κ1) is 16.4. The molecule has 0 aromatic heterocycles. The Morgan fingerprint density at radius 1 is 1.40 bits per heavy atom. The SMILES string of the molecule is CCCNc1ccc(COCCC(C)C)cc1[N+](=O)[O-]. The largest absolute Gasteiger partial charge is 0.380 e. The van der Waals surface area contributed by atoms with Gasteiger partial charge in [0.2, 0.25) is 0 Å². The molecule has 20 heavy (non-hydrogen) atoms. The smallest absolute Gasteiger partial charge is 0.292 e. The van der Waals surface area contributed by atoms with Crippen molar-refractivity contribution < 1.29 is 9.66 Å². The molecule has 0 aliphatic heterocycles. The van der Waals surface area contributed by atoms with Crippen molar-refractivity contribution in [3.8, 4) is 0 Å². The highest BCUT2D eigenvalue weighted by Gasteiger charge is 2.14. The average molecular weight is 280 g/mol. The number of nitrogens with one attached hydrogen (secondary N) is 1. The fraction of sp³-hybridized carbons (Fsp3) is 0.600. The molecule has 0 aliphatic rings. The number of ether oxygens (including phenoxy) is 1. The van der Waals surface area contributed by atoms with Crippen LogP contribution in [0.4, 0.5) is 11.4 Å². The lowest BCUT2D eigenvalue weighted by Crippen LogP contribution is -2.04. The van der Waals surface area contributed by atoms with Crippen LogP contribution in [0.15, 0.2) is 18.2 Å². The Kier molecular flexibility index (Phi) is 7.01. The summed E-state index contributed by atoms with van der Waals surface area (Å²) in [6, 6.07) is 5.22. The maximum absolute atomic E-state index is 11.1. The summed E-state index contributed by atoms with van der Waals surface area (Å²) in [6.07, 6.45) is 1.93. The van der Waals surface area contributed by atoms with Gasteiger partial charge in [-0.2, -0.15) is 0 Å². The standard InChI is InChI=1S/C15H24N2O3/c1-4-8-16-14-6-5-13(10-15(14)17(18)19)11-20-9-7-12(2)3/h5-6,10,12,16H,4,7-9,11H2,1-3H3. The normalized spacial score (nSPS) is 10.8. The highest BCUT2D eigenvalue weighted by atomic mass is 16.6. The van der Waals surface area contributed by atoms with Crippen LogP contribution in [0, 0.1) is 16.0 Å². The second-order valence-electron chi connectivity index (χ2n) is 5.27. The van der Waals surface area contributed by atoms with Gasteiger partial charge in [0.15, 0.2) is 0 Å². The molecule has 0 unspecified atom stereocenters. The van der Waals surface area contributed by atoms with Crippen LogP contribution in [0.2, 0.25) is 0 Å². The van der Waals surface area contributed by atoms with Gasteiger partial charge in [-0.15, -0.1) is 0 Å². The number of benzene rings is 1. The predicted molar refractivity (Wildman–Crippen MR) is 81.0 cm³/mol. The molecule has 0 radical (unpaired) electrons. The Balaban J connectivity index is 2.65. The molecule has 0 bridgehead atoms. The fourth-order valence-electron chi connectivity index (χ4n) is 1.74. The molecule has 0 heterocycles. The number of anilines is 1. The van der Waals surface area contributed by atoms with E-state index in [1.807, 2.05) is 13.0 Å². The highest BCUT2D eigenvalue weighted by molar-refractivity contribution is 5.62. The van der Waals surface area contributed by atoms with Gasteiger partial charge in [-0.3, -0.25) is 10.1 Å². The fourth-order valence-corrected chi connectivity index (χ4v) is 1.74. The van der Waals surface area contributed by atoms with Crippen molar-refractivity contribution in [3.05, 3.63) is 33.9 Å². The molecule has 1 aromatic carbocycles. The molecule has 0 saturated heterocycles. The molecule has 0 saturated carbocycles. The van der Waals surface area contributed by atoms with Crippen molar-refractivity contribution in [2.24, 2.45) is 5.92 Å². The van der Waals surface area contributed by atoms with Crippen molar-refractivity contribution in [1.29, 1.82) is 0 Å². The summed E-state index contributed by atoms with van der Waals surface area (Å²) in [7, 11) is 0. The first-order valence-corrected chi connectivity index (χ1v) is 7.13. The van der Waals surface area contributed by atoms with Gasteiger partial charge in [0.25, 0.3) is 5.69 Å². The van der Waals surface area contributed by atoms with Crippen molar-refractivity contribution in [2.45, 2.75) is 40.2 Å². The molecule has 1 aromatic rings. The third kappa shape index (κ3) is 5.57. The molecular weight excluding hydrogens is 256 g/mol. The van der Waals surface area contributed by atoms with Gasteiger partial charge in [-0.1, -0.05) is 26.8 Å². The second-order valence-corrected chi connectivity index (χ2v) is 5.27. The average Bonchev–Trinajstić information content (AvgIpc) is 2.41. The summed E-state index contributed by atoms with van der Waals surface area (Å²) in [5.74, 6) is 0.602. The van der Waals surface area contributed by atoms with Crippen LogP contribution in [-0.4, -0.2) is 18.1 Å². The summed E-state index contributed by atoms with van der Waals surface area (Å²) >= 11 is 0. The van der Waals surface area contributed by atoms with E-state index in [1.54, 1.807) is 12.1 Å². The minimum absolute atomic E-state index is 0.114. The maximum Gasteiger partial charge on any atom is 0.292 e. The minimum Gasteiger partial charge on any atom is -0.380 e. The molecule has 0 aliphatic carbocycles. The number of rotatable bonds is 9. The van der Waals surface area contributed by atoms with Gasteiger partial charge in [0.05, 0.1) is 11.5 Å². The molecule has 1 rings (SSSR count). The molecule has 0 spiro atoms. The molecule has 0 atom stereocenters. The number of hydrogen-bond acceptors (Lipinski definition) is 4. The zero-order valence-electron chi connectivity index (χ0n) is 12.5. The maximum atomic E-state index is 11.1. The van der Waals surface area contributed by atoms with E-state index in [-0.39, 0.29) is 10.6 Å². The summed E-state index contributed by atoms with van der Waals surface area (Å²) in [5.41, 5.74) is 1.52. The molecule has 0 fully saturated rings. The van der Waals surface area contributed by atoms with E-state index in [0.717, 1.165) is 24.9 Å². The quantitative estimate of drug-likeness (QED) is 0.422. The summed E-state index contributed by atoms with van der Waals surface area (Å²) in [4.78, 5) is 10.7. The van der Waals surface area contributed by atoms with Crippen LogP contribution < -0.4 is 5.32 Å². The van der Waals surface area contributed by atoms with Crippen molar-refractivity contribution >= 4 is 11.4 Å². The van der Waals surface area contributed by atoms with Crippen LogP contribution in [0.1, 0.15) is 39.2 Å². The van der Waals surface area contributed by atoms with Crippen LogP contribution in [0.25, 0.3) is 0 Å². The van der Waals surface area contributed by atoms with E-state index in [4.69, 9.17) is 4.74 Å². The monoisotopic (exact) mass is 280 g/mol. The van der Waals surface area contributed by atoms with Gasteiger partial charge < -0.3 is 10.1 Å². The van der Waals surface area contributed by atoms with Crippen LogP contribution in [-0.2, 0) is 11.3 Å². The molecule has 5 heteroatoms. The van der Waals surface area contributed by atoms with Crippen LogP contribution in [0.5, 0.6) is 0 Å². The van der Waals surface area contributed by atoms with E-state index < -0.39 is 0 Å². The first-order chi connectivity index (χ1) is 9.54. The lowest BCUT2D eigenvalue weighted by Gasteiger charge is -2.09. The summed E-state index contributed by atoms with van der Waals surface area (Å²) < 4.78 is 5.54. The van der Waals surface area contributed by atoms with E-state index >= 15 is 0 Å². The number of hydrogen-bond donors (Lipinski definition) is 1. The zero-order chi connectivity index (χ0) is 15.0. The highest BCUT2D eigenvalue weighted by Crippen LogP contribution is 2.25. The van der Waals surface area contributed by atoms with Gasteiger partial charge in [0.1, 0.15) is 5.69 Å². The number of nitro groups is 1. The van der Waals surface area contributed by atoms with Crippen molar-refractivity contribution in [3.63, 3.8) is 0 Å². The topological polar surface area (TPSA) is 64.4 Å². The number of nitrogens with zero attached hydrogens (tertiary/aromatic N) is 1. The molecular formula is C15H24N2O3. The first-order valence-electron chi connectivity index (χ1n) is 7.13. The van der Waals surface area contributed by atoms with Crippen molar-refractivity contribution in [1.82, 2.24) is 0 Å².